The highest BCUT2D eigenvalue weighted by Gasteiger charge is 2.08. The summed E-state index contributed by atoms with van der Waals surface area (Å²) in [7, 11) is 2.77. The summed E-state index contributed by atoms with van der Waals surface area (Å²) in [5, 5.41) is 6.20. The standard InChI is InChI=1S/B3BrH5N3/c4-7-2-5-1-6-3-7/h1-3,5-6H. The predicted octanol–water partition coefficient (Wildman–Crippen LogP) is -2.41. The van der Waals surface area contributed by atoms with Gasteiger partial charge in [-0.05, 0) is 16.1 Å². The molecule has 0 saturated carbocycles. The number of rotatable bonds is 0. The van der Waals surface area contributed by atoms with E-state index in [0.717, 1.165) is 22.6 Å². The minimum Gasteiger partial charge on any atom is -0.377 e. The molecule has 0 aliphatic carbocycles. The van der Waals surface area contributed by atoms with Gasteiger partial charge < -0.3 is 10.3 Å². The van der Waals surface area contributed by atoms with Gasteiger partial charge in [0.25, 0.3) is 22.6 Å². The lowest BCUT2D eigenvalue weighted by atomic mass is 9.85. The lowest BCUT2D eigenvalue weighted by Gasteiger charge is -2.17. The fourth-order valence-electron chi connectivity index (χ4n) is 0.499. The Labute approximate surface area is 53.4 Å². The number of nitrogens with one attached hydrogen (secondary N) is 2. The van der Waals surface area contributed by atoms with Gasteiger partial charge in [-0.25, -0.2) is 0 Å². The first-order valence-electron chi connectivity index (χ1n) is 2.22. The molecule has 0 aromatic rings. The Morgan fingerprint density at radius 1 is 1.29 bits per heavy atom. The summed E-state index contributed by atoms with van der Waals surface area (Å²) in [4.78, 5) is 0. The highest BCUT2D eigenvalue weighted by atomic mass is 79.9. The van der Waals surface area contributed by atoms with Gasteiger partial charge in [0.05, 0.1) is 0 Å². The molecule has 1 aliphatic heterocycles. The van der Waals surface area contributed by atoms with E-state index in [1.807, 2.05) is 3.75 Å². The van der Waals surface area contributed by atoms with Crippen molar-refractivity contribution in [2.45, 2.75) is 0 Å². The van der Waals surface area contributed by atoms with E-state index in [1.54, 1.807) is 0 Å². The zero-order valence-electron chi connectivity index (χ0n) is 3.95. The first-order chi connectivity index (χ1) is 3.39. The summed E-state index contributed by atoms with van der Waals surface area (Å²) in [5.74, 6) is 0. The molecule has 7 heavy (non-hydrogen) atoms. The molecular formula is H5B3BrN3. The van der Waals surface area contributed by atoms with Gasteiger partial charge >= 0.3 is 0 Å². The van der Waals surface area contributed by atoms with Crippen molar-refractivity contribution in [1.82, 2.24) is 14.0 Å². The Morgan fingerprint density at radius 2 is 1.86 bits per heavy atom. The van der Waals surface area contributed by atoms with Crippen LogP contribution in [0, 0.1) is 0 Å². The van der Waals surface area contributed by atoms with E-state index in [0.29, 0.717) is 0 Å². The molecule has 1 rings (SSSR count). The quantitative estimate of drug-likeness (QED) is 0.305. The summed E-state index contributed by atoms with van der Waals surface area (Å²) >= 11 is 3.30. The maximum atomic E-state index is 3.30. The molecule has 1 fully saturated rings. The molecule has 0 amide bonds. The molecule has 36 valence electrons. The van der Waals surface area contributed by atoms with Gasteiger partial charge in [-0.1, -0.05) is 0 Å². The van der Waals surface area contributed by atoms with E-state index in [4.69, 9.17) is 0 Å². The van der Waals surface area contributed by atoms with Crippen molar-refractivity contribution in [3.63, 3.8) is 0 Å². The molecule has 0 atom stereocenters. The molecule has 0 radical (unpaired) electrons. The van der Waals surface area contributed by atoms with Gasteiger partial charge in [0.2, 0.25) is 0 Å². The van der Waals surface area contributed by atoms with E-state index >= 15 is 0 Å². The lowest BCUT2D eigenvalue weighted by Crippen LogP contribution is -2.53. The average molecular weight is 159 g/mol. The molecule has 1 saturated heterocycles. The number of nitrogens with zero attached hydrogens (tertiary/aromatic N) is 1. The van der Waals surface area contributed by atoms with Crippen molar-refractivity contribution in [2.75, 3.05) is 0 Å². The van der Waals surface area contributed by atoms with Gasteiger partial charge in [-0.2, -0.15) is 0 Å². The highest BCUT2D eigenvalue weighted by molar-refractivity contribution is 9.08. The Kier molecular flexibility index (Phi) is 2.25. The van der Waals surface area contributed by atoms with Gasteiger partial charge in [-0.15, -0.1) is 0 Å². The average Bonchev–Trinajstić information content (AvgIpc) is 1.69. The van der Waals surface area contributed by atoms with E-state index in [2.05, 4.69) is 26.4 Å². The first-order valence-corrected chi connectivity index (χ1v) is 2.92. The molecule has 0 bridgehead atoms. The van der Waals surface area contributed by atoms with Crippen molar-refractivity contribution in [2.24, 2.45) is 0 Å². The second-order valence-electron chi connectivity index (χ2n) is 1.46. The summed E-state index contributed by atoms with van der Waals surface area (Å²) in [5.41, 5.74) is 0. The van der Waals surface area contributed by atoms with Crippen molar-refractivity contribution in [1.29, 1.82) is 0 Å². The van der Waals surface area contributed by atoms with Crippen LogP contribution >= 0.6 is 16.1 Å². The Balaban J connectivity index is 2.12. The normalized spacial score (nSPS) is 21.9. The third kappa shape index (κ3) is 1.86. The van der Waals surface area contributed by atoms with E-state index in [1.165, 1.54) is 0 Å². The predicted molar refractivity (Wildman–Crippen MR) is 38.5 cm³/mol. The van der Waals surface area contributed by atoms with Crippen LogP contribution < -0.4 is 10.3 Å². The van der Waals surface area contributed by atoms with E-state index < -0.39 is 0 Å². The van der Waals surface area contributed by atoms with E-state index in [9.17, 15) is 0 Å². The molecule has 0 unspecified atom stereocenters. The van der Waals surface area contributed by atoms with Gasteiger partial charge in [0, 0.05) is 0 Å². The van der Waals surface area contributed by atoms with Crippen LogP contribution in [0.1, 0.15) is 0 Å². The number of hydrogen-bond donors (Lipinski definition) is 2. The van der Waals surface area contributed by atoms with Crippen LogP contribution in [0.5, 0.6) is 0 Å². The second-order valence-corrected chi connectivity index (χ2v) is 2.46. The molecule has 0 aromatic heterocycles. The first kappa shape index (κ1) is 5.69. The van der Waals surface area contributed by atoms with Crippen molar-refractivity contribution < 1.29 is 0 Å². The number of halogens is 1. The molecule has 0 spiro atoms. The monoisotopic (exact) mass is 159 g/mol. The molecular weight excluding hydrogens is 154 g/mol. The largest absolute Gasteiger partial charge is 0.377 e. The SMILES string of the molecule is BrN1BNBNB1. The van der Waals surface area contributed by atoms with Crippen molar-refractivity contribution >= 4 is 38.8 Å². The van der Waals surface area contributed by atoms with Crippen LogP contribution in [-0.2, 0) is 0 Å². The zero-order chi connectivity index (χ0) is 5.11. The maximum Gasteiger partial charge on any atom is 0.278 e. The summed E-state index contributed by atoms with van der Waals surface area (Å²) in [6, 6.07) is 0. The summed E-state index contributed by atoms with van der Waals surface area (Å²) in [6.07, 6.45) is 0. The molecule has 3 nitrogen and oxygen atoms in total. The fraction of sp³-hybridized carbons (Fsp3) is 0. The molecule has 2 N–H and O–H groups in total. The Hall–Kier alpha value is 0.555. The third-order valence-corrected chi connectivity index (χ3v) is 1.32. The molecule has 0 aromatic carbocycles. The van der Waals surface area contributed by atoms with Crippen LogP contribution in [-0.4, -0.2) is 26.4 Å². The van der Waals surface area contributed by atoms with Crippen LogP contribution in [0.4, 0.5) is 0 Å². The highest BCUT2D eigenvalue weighted by Crippen LogP contribution is 1.87. The van der Waals surface area contributed by atoms with E-state index in [-0.39, 0.29) is 0 Å². The van der Waals surface area contributed by atoms with Crippen molar-refractivity contribution in [3.05, 3.63) is 0 Å². The van der Waals surface area contributed by atoms with Gasteiger partial charge in [0.1, 0.15) is 0 Å². The van der Waals surface area contributed by atoms with Crippen LogP contribution in [0.25, 0.3) is 0 Å². The van der Waals surface area contributed by atoms with Gasteiger partial charge in [-0.3, -0.25) is 3.75 Å². The summed E-state index contributed by atoms with van der Waals surface area (Å²) in [6.45, 7) is 0. The van der Waals surface area contributed by atoms with Crippen LogP contribution in [0.3, 0.4) is 0 Å². The summed E-state index contributed by atoms with van der Waals surface area (Å²) < 4.78 is 1.98. The van der Waals surface area contributed by atoms with Crippen LogP contribution in [0.15, 0.2) is 0 Å². The number of hydrogen-bond acceptors (Lipinski definition) is 3. The Bertz CT molecular complexity index is 52.1. The fourth-order valence-corrected chi connectivity index (χ4v) is 0.853. The molecule has 1 heterocycles. The minimum atomic E-state index is 0.919. The molecule has 1 aliphatic rings. The maximum absolute atomic E-state index is 3.30. The lowest BCUT2D eigenvalue weighted by molar-refractivity contribution is 1.08. The smallest absolute Gasteiger partial charge is 0.278 e. The zero-order valence-corrected chi connectivity index (χ0v) is 5.53. The minimum absolute atomic E-state index is 0.919. The van der Waals surface area contributed by atoms with Gasteiger partial charge in [0.15, 0.2) is 0 Å². The topological polar surface area (TPSA) is 27.3 Å². The van der Waals surface area contributed by atoms with Crippen LogP contribution in [0.2, 0.25) is 0 Å². The second kappa shape index (κ2) is 2.76. The third-order valence-electron chi connectivity index (χ3n) is 0.817. The van der Waals surface area contributed by atoms with Crippen molar-refractivity contribution in [3.8, 4) is 0 Å². The molecule has 7 heteroatoms. The Morgan fingerprint density at radius 3 is 2.14 bits per heavy atom.